The van der Waals surface area contributed by atoms with Gasteiger partial charge in [-0.3, -0.25) is 5.14 Å². The van der Waals surface area contributed by atoms with Crippen LogP contribution in [-0.2, 0) is 0 Å². The monoisotopic (exact) mass is 213 g/mol. The lowest BCUT2D eigenvalue weighted by Crippen LogP contribution is -1.97. The molecule has 2 atom stereocenters. The Bertz CT molecular complexity index is 80.4. The van der Waals surface area contributed by atoms with Gasteiger partial charge in [-0.15, -0.1) is 11.8 Å². The standard InChI is InChI=1S/C4H8BrNS2/c5-3-1-4(8-6)7-2-3/h3-4H,1-2,6H2. The van der Waals surface area contributed by atoms with Gasteiger partial charge in [0.25, 0.3) is 0 Å². The van der Waals surface area contributed by atoms with Gasteiger partial charge in [-0.1, -0.05) is 27.9 Å². The normalized spacial score (nSPS) is 38.2. The number of alkyl halides is 1. The predicted octanol–water partition coefficient (Wildman–Crippen LogP) is 1.82. The summed E-state index contributed by atoms with van der Waals surface area (Å²) in [6.45, 7) is 0. The summed E-state index contributed by atoms with van der Waals surface area (Å²) in [6.07, 6.45) is 1.21. The van der Waals surface area contributed by atoms with Crippen LogP contribution in [0.3, 0.4) is 0 Å². The molecule has 1 rings (SSSR count). The van der Waals surface area contributed by atoms with Crippen LogP contribution in [0.15, 0.2) is 0 Å². The molecule has 0 aliphatic carbocycles. The fourth-order valence-electron chi connectivity index (χ4n) is 0.651. The van der Waals surface area contributed by atoms with Gasteiger partial charge in [0.05, 0.1) is 4.58 Å². The Balaban J connectivity index is 2.22. The summed E-state index contributed by atoms with van der Waals surface area (Å²) in [7, 11) is 0. The zero-order valence-corrected chi connectivity index (χ0v) is 7.56. The van der Waals surface area contributed by atoms with Crippen molar-refractivity contribution < 1.29 is 0 Å². The van der Waals surface area contributed by atoms with E-state index in [1.165, 1.54) is 24.1 Å². The Hall–Kier alpha value is 1.14. The first-order valence-corrected chi connectivity index (χ1v) is 5.35. The molecule has 0 amide bonds. The fourth-order valence-corrected chi connectivity index (χ4v) is 3.80. The zero-order chi connectivity index (χ0) is 5.98. The lowest BCUT2D eigenvalue weighted by molar-refractivity contribution is 0.959. The molecule has 0 radical (unpaired) electrons. The lowest BCUT2D eigenvalue weighted by Gasteiger charge is -1.99. The number of thioether (sulfide) groups is 1. The minimum atomic E-state index is 0.638. The average Bonchev–Trinajstić information content (AvgIpc) is 2.14. The second kappa shape index (κ2) is 3.34. The molecule has 1 fully saturated rings. The smallest absolute Gasteiger partial charge is 0.0656 e. The number of nitrogens with two attached hydrogens (primary N) is 1. The van der Waals surface area contributed by atoms with E-state index in [0.29, 0.717) is 9.41 Å². The molecule has 0 spiro atoms. The van der Waals surface area contributed by atoms with Crippen molar-refractivity contribution in [2.45, 2.75) is 15.8 Å². The Morgan fingerprint density at radius 3 is 2.75 bits per heavy atom. The molecule has 0 bridgehead atoms. The third-order valence-corrected chi connectivity index (χ3v) is 4.59. The van der Waals surface area contributed by atoms with Crippen LogP contribution in [-0.4, -0.2) is 15.2 Å². The highest BCUT2D eigenvalue weighted by atomic mass is 79.9. The summed E-state index contributed by atoms with van der Waals surface area (Å²) in [5.74, 6) is 1.22. The van der Waals surface area contributed by atoms with Gasteiger partial charge in [-0.25, -0.2) is 0 Å². The SMILES string of the molecule is NSC1CC(Br)CS1. The van der Waals surface area contributed by atoms with E-state index in [-0.39, 0.29) is 0 Å². The molecule has 0 saturated carbocycles. The zero-order valence-electron chi connectivity index (χ0n) is 4.34. The Labute approximate surface area is 66.4 Å². The molecule has 1 heterocycles. The topological polar surface area (TPSA) is 26.0 Å². The van der Waals surface area contributed by atoms with Gasteiger partial charge in [-0.2, -0.15) is 0 Å². The Kier molecular flexibility index (Phi) is 3.03. The average molecular weight is 214 g/mol. The predicted molar refractivity (Wildman–Crippen MR) is 45.4 cm³/mol. The van der Waals surface area contributed by atoms with Crippen LogP contribution in [0.1, 0.15) is 6.42 Å². The summed E-state index contributed by atoms with van der Waals surface area (Å²) in [4.78, 5) is 0.702. The van der Waals surface area contributed by atoms with E-state index in [4.69, 9.17) is 5.14 Å². The van der Waals surface area contributed by atoms with E-state index in [1.54, 1.807) is 0 Å². The van der Waals surface area contributed by atoms with Crippen LogP contribution in [0.5, 0.6) is 0 Å². The van der Waals surface area contributed by atoms with Gasteiger partial charge in [0.1, 0.15) is 0 Å². The molecule has 2 N–H and O–H groups in total. The van der Waals surface area contributed by atoms with Gasteiger partial charge in [0.2, 0.25) is 0 Å². The highest BCUT2D eigenvalue weighted by molar-refractivity contribution is 9.09. The molecule has 4 heteroatoms. The van der Waals surface area contributed by atoms with E-state index in [0.717, 1.165) is 0 Å². The van der Waals surface area contributed by atoms with Crippen molar-refractivity contribution in [2.24, 2.45) is 5.14 Å². The van der Waals surface area contributed by atoms with E-state index >= 15 is 0 Å². The summed E-state index contributed by atoms with van der Waals surface area (Å²) < 4.78 is 0.638. The fraction of sp³-hybridized carbons (Fsp3) is 1.00. The van der Waals surface area contributed by atoms with Crippen LogP contribution in [0.2, 0.25) is 0 Å². The van der Waals surface area contributed by atoms with E-state index in [2.05, 4.69) is 15.9 Å². The largest absolute Gasteiger partial charge is 0.277 e. The maximum absolute atomic E-state index is 5.37. The third kappa shape index (κ3) is 1.83. The van der Waals surface area contributed by atoms with Crippen molar-refractivity contribution in [3.05, 3.63) is 0 Å². The molecule has 1 saturated heterocycles. The second-order valence-electron chi connectivity index (χ2n) is 1.73. The molecule has 1 nitrogen and oxygen atoms in total. The second-order valence-corrected chi connectivity index (χ2v) is 5.40. The van der Waals surface area contributed by atoms with Crippen molar-refractivity contribution in [3.63, 3.8) is 0 Å². The van der Waals surface area contributed by atoms with Crippen molar-refractivity contribution >= 4 is 39.6 Å². The van der Waals surface area contributed by atoms with Crippen molar-refractivity contribution in [3.8, 4) is 0 Å². The highest BCUT2D eigenvalue weighted by Crippen LogP contribution is 2.35. The maximum Gasteiger partial charge on any atom is 0.0656 e. The van der Waals surface area contributed by atoms with Gasteiger partial charge < -0.3 is 0 Å². The molecule has 2 unspecified atom stereocenters. The van der Waals surface area contributed by atoms with E-state index in [9.17, 15) is 0 Å². The first kappa shape index (κ1) is 7.25. The van der Waals surface area contributed by atoms with Crippen LogP contribution < -0.4 is 5.14 Å². The number of rotatable bonds is 1. The molecule has 8 heavy (non-hydrogen) atoms. The summed E-state index contributed by atoms with van der Waals surface area (Å²) in [5, 5.41) is 5.37. The summed E-state index contributed by atoms with van der Waals surface area (Å²) in [5.41, 5.74) is 0. The lowest BCUT2D eigenvalue weighted by atomic mass is 10.4. The van der Waals surface area contributed by atoms with Crippen molar-refractivity contribution in [1.29, 1.82) is 0 Å². The Morgan fingerprint density at radius 2 is 2.50 bits per heavy atom. The first-order valence-electron chi connectivity index (χ1n) is 2.44. The van der Waals surface area contributed by atoms with Gasteiger partial charge >= 0.3 is 0 Å². The van der Waals surface area contributed by atoms with Crippen LogP contribution in [0.4, 0.5) is 0 Å². The third-order valence-electron chi connectivity index (χ3n) is 1.06. The molecule has 1 aliphatic heterocycles. The molecular formula is C4H8BrNS2. The van der Waals surface area contributed by atoms with E-state index in [1.807, 2.05) is 11.8 Å². The quantitative estimate of drug-likeness (QED) is 0.532. The summed E-state index contributed by atoms with van der Waals surface area (Å²) in [6, 6.07) is 0. The first-order chi connectivity index (χ1) is 3.83. The highest BCUT2D eigenvalue weighted by Gasteiger charge is 2.21. The molecular weight excluding hydrogens is 206 g/mol. The molecule has 0 aromatic carbocycles. The van der Waals surface area contributed by atoms with Gasteiger partial charge in [0.15, 0.2) is 0 Å². The Morgan fingerprint density at radius 1 is 1.75 bits per heavy atom. The molecule has 48 valence electrons. The van der Waals surface area contributed by atoms with Gasteiger partial charge in [-0.05, 0) is 6.42 Å². The van der Waals surface area contributed by atoms with Crippen LogP contribution in [0.25, 0.3) is 0 Å². The molecule has 1 aliphatic rings. The van der Waals surface area contributed by atoms with Gasteiger partial charge in [0, 0.05) is 10.6 Å². The molecule has 0 aromatic rings. The maximum atomic E-state index is 5.37. The molecule has 0 aromatic heterocycles. The van der Waals surface area contributed by atoms with Crippen LogP contribution >= 0.6 is 39.6 Å². The van der Waals surface area contributed by atoms with E-state index < -0.39 is 0 Å². The number of halogens is 1. The number of hydrogen-bond donors (Lipinski definition) is 1. The summed E-state index contributed by atoms with van der Waals surface area (Å²) >= 11 is 6.94. The van der Waals surface area contributed by atoms with Crippen LogP contribution in [0, 0.1) is 0 Å². The number of hydrogen-bond acceptors (Lipinski definition) is 3. The minimum absolute atomic E-state index is 0.638. The minimum Gasteiger partial charge on any atom is -0.277 e. The van der Waals surface area contributed by atoms with Crippen molar-refractivity contribution in [1.82, 2.24) is 0 Å². The van der Waals surface area contributed by atoms with Crippen molar-refractivity contribution in [2.75, 3.05) is 5.75 Å².